The predicted octanol–water partition coefficient (Wildman–Crippen LogP) is 2.89. The summed E-state index contributed by atoms with van der Waals surface area (Å²) in [5.41, 5.74) is 6.37. The number of hydrogen-bond acceptors (Lipinski definition) is 3. The van der Waals surface area contributed by atoms with Gasteiger partial charge in [0.1, 0.15) is 0 Å². The lowest BCUT2D eigenvalue weighted by Gasteiger charge is -2.47. The lowest BCUT2D eigenvalue weighted by molar-refractivity contribution is 0.0147. The number of rotatable bonds is 8. The molecular formula is C16H34N2O. The Morgan fingerprint density at radius 2 is 1.95 bits per heavy atom. The van der Waals surface area contributed by atoms with Crippen LogP contribution in [0, 0.1) is 11.8 Å². The molecule has 3 nitrogen and oxygen atoms in total. The van der Waals surface area contributed by atoms with Crippen LogP contribution in [0.3, 0.4) is 0 Å². The van der Waals surface area contributed by atoms with E-state index in [1.54, 1.807) is 0 Å². The summed E-state index contributed by atoms with van der Waals surface area (Å²) in [6, 6.07) is 0. The van der Waals surface area contributed by atoms with Gasteiger partial charge in [-0.2, -0.15) is 0 Å². The predicted molar refractivity (Wildman–Crippen MR) is 82.3 cm³/mol. The van der Waals surface area contributed by atoms with Crippen molar-refractivity contribution >= 4 is 0 Å². The molecule has 0 heterocycles. The van der Waals surface area contributed by atoms with Gasteiger partial charge in [0.05, 0.1) is 6.61 Å². The molecule has 0 unspecified atom stereocenters. The monoisotopic (exact) mass is 270 g/mol. The van der Waals surface area contributed by atoms with E-state index in [9.17, 15) is 0 Å². The molecule has 0 aromatic heterocycles. The smallest absolute Gasteiger partial charge is 0.0593 e. The van der Waals surface area contributed by atoms with Crippen LogP contribution >= 0.6 is 0 Å². The van der Waals surface area contributed by atoms with Crippen LogP contribution in [-0.4, -0.2) is 43.3 Å². The molecule has 1 aliphatic rings. The van der Waals surface area contributed by atoms with Crippen molar-refractivity contribution < 1.29 is 4.74 Å². The van der Waals surface area contributed by atoms with E-state index < -0.39 is 0 Å². The van der Waals surface area contributed by atoms with E-state index in [-0.39, 0.29) is 5.54 Å². The molecule has 1 rings (SSSR count). The number of hydrogen-bond donors (Lipinski definition) is 1. The highest BCUT2D eigenvalue weighted by molar-refractivity contribution is 4.95. The Hall–Kier alpha value is -0.120. The molecule has 0 aliphatic heterocycles. The van der Waals surface area contributed by atoms with Crippen LogP contribution in [0.2, 0.25) is 0 Å². The third-order valence-electron chi connectivity index (χ3n) is 4.59. The zero-order valence-electron chi connectivity index (χ0n) is 13.5. The minimum atomic E-state index is 0.239. The minimum absolute atomic E-state index is 0.239. The second kappa shape index (κ2) is 8.23. The third kappa shape index (κ3) is 5.05. The van der Waals surface area contributed by atoms with Gasteiger partial charge in [0.15, 0.2) is 0 Å². The Morgan fingerprint density at radius 3 is 2.42 bits per heavy atom. The van der Waals surface area contributed by atoms with Gasteiger partial charge in [-0.1, -0.05) is 27.7 Å². The van der Waals surface area contributed by atoms with Crippen molar-refractivity contribution in [2.24, 2.45) is 17.6 Å². The lowest BCUT2D eigenvalue weighted by atomic mass is 9.76. The summed E-state index contributed by atoms with van der Waals surface area (Å²) < 4.78 is 5.75. The van der Waals surface area contributed by atoms with Crippen molar-refractivity contribution in [2.45, 2.75) is 58.9 Å². The maximum absolute atomic E-state index is 6.13. The molecular weight excluding hydrogens is 236 g/mol. The minimum Gasteiger partial charge on any atom is -0.380 e. The van der Waals surface area contributed by atoms with Crippen molar-refractivity contribution in [3.8, 4) is 0 Å². The van der Waals surface area contributed by atoms with Gasteiger partial charge in [-0.15, -0.1) is 0 Å². The molecule has 1 aliphatic carbocycles. The number of likely N-dealkylation sites (N-methyl/N-ethyl adjacent to an activating group) is 1. The summed E-state index contributed by atoms with van der Waals surface area (Å²) in [5.74, 6) is 1.49. The zero-order chi connectivity index (χ0) is 14.3. The molecule has 1 saturated carbocycles. The normalized spacial score (nSPS) is 28.3. The summed E-state index contributed by atoms with van der Waals surface area (Å²) in [5, 5.41) is 0. The SMILES string of the molecule is CCN(CCOCC(C)C)C1(CN)CCC(C)CC1. The van der Waals surface area contributed by atoms with E-state index >= 15 is 0 Å². The molecule has 0 aromatic rings. The fraction of sp³-hybridized carbons (Fsp3) is 1.00. The maximum Gasteiger partial charge on any atom is 0.0593 e. The number of ether oxygens (including phenoxy) is 1. The van der Waals surface area contributed by atoms with E-state index in [0.29, 0.717) is 5.92 Å². The zero-order valence-corrected chi connectivity index (χ0v) is 13.5. The van der Waals surface area contributed by atoms with E-state index in [1.165, 1.54) is 25.7 Å². The van der Waals surface area contributed by atoms with Crippen molar-refractivity contribution in [3.63, 3.8) is 0 Å². The maximum atomic E-state index is 6.13. The highest BCUT2D eigenvalue weighted by atomic mass is 16.5. The van der Waals surface area contributed by atoms with Crippen LogP contribution in [0.25, 0.3) is 0 Å². The van der Waals surface area contributed by atoms with E-state index in [0.717, 1.165) is 38.8 Å². The van der Waals surface area contributed by atoms with Gasteiger partial charge in [-0.25, -0.2) is 0 Å². The van der Waals surface area contributed by atoms with Gasteiger partial charge in [0.25, 0.3) is 0 Å². The Labute approximate surface area is 119 Å². The molecule has 114 valence electrons. The van der Waals surface area contributed by atoms with Gasteiger partial charge in [-0.3, -0.25) is 4.90 Å². The molecule has 0 spiro atoms. The first-order valence-corrected chi connectivity index (χ1v) is 8.07. The van der Waals surface area contributed by atoms with E-state index in [4.69, 9.17) is 10.5 Å². The largest absolute Gasteiger partial charge is 0.380 e. The molecule has 0 atom stereocenters. The van der Waals surface area contributed by atoms with E-state index in [2.05, 4.69) is 32.6 Å². The van der Waals surface area contributed by atoms with Crippen LogP contribution in [0.4, 0.5) is 0 Å². The van der Waals surface area contributed by atoms with Gasteiger partial charge < -0.3 is 10.5 Å². The summed E-state index contributed by atoms with van der Waals surface area (Å²) >= 11 is 0. The number of nitrogens with zero attached hydrogens (tertiary/aromatic N) is 1. The second-order valence-corrected chi connectivity index (χ2v) is 6.66. The summed E-state index contributed by atoms with van der Waals surface area (Å²) in [6.07, 6.45) is 5.15. The van der Waals surface area contributed by atoms with Gasteiger partial charge >= 0.3 is 0 Å². The first-order valence-electron chi connectivity index (χ1n) is 8.07. The Kier molecular flexibility index (Phi) is 7.33. The van der Waals surface area contributed by atoms with Crippen LogP contribution in [0.1, 0.15) is 53.4 Å². The molecule has 0 bridgehead atoms. The molecule has 0 aromatic carbocycles. The first kappa shape index (κ1) is 16.9. The molecule has 0 radical (unpaired) electrons. The van der Waals surface area contributed by atoms with Gasteiger partial charge in [0, 0.05) is 25.2 Å². The molecule has 3 heteroatoms. The van der Waals surface area contributed by atoms with Crippen LogP contribution in [-0.2, 0) is 4.74 Å². The average Bonchev–Trinajstić information content (AvgIpc) is 2.40. The third-order valence-corrected chi connectivity index (χ3v) is 4.59. The summed E-state index contributed by atoms with van der Waals surface area (Å²) in [7, 11) is 0. The van der Waals surface area contributed by atoms with Crippen LogP contribution < -0.4 is 5.73 Å². The van der Waals surface area contributed by atoms with Crippen LogP contribution in [0.15, 0.2) is 0 Å². The second-order valence-electron chi connectivity index (χ2n) is 6.66. The standard InChI is InChI=1S/C16H34N2O/c1-5-18(10-11-19-12-14(2)3)16(13-17)8-6-15(4)7-9-16/h14-15H,5-13,17H2,1-4H3. The highest BCUT2D eigenvalue weighted by Crippen LogP contribution is 2.35. The quantitative estimate of drug-likeness (QED) is 0.689. The number of nitrogens with two attached hydrogens (primary N) is 1. The fourth-order valence-corrected chi connectivity index (χ4v) is 3.17. The van der Waals surface area contributed by atoms with Crippen molar-refractivity contribution in [2.75, 3.05) is 32.8 Å². The lowest BCUT2D eigenvalue weighted by Crippen LogP contribution is -2.56. The topological polar surface area (TPSA) is 38.5 Å². The van der Waals surface area contributed by atoms with Gasteiger partial charge in [0.2, 0.25) is 0 Å². The Balaban J connectivity index is 2.46. The van der Waals surface area contributed by atoms with Crippen molar-refractivity contribution in [1.82, 2.24) is 4.90 Å². The van der Waals surface area contributed by atoms with Gasteiger partial charge in [-0.05, 0) is 44.1 Å². The highest BCUT2D eigenvalue weighted by Gasteiger charge is 2.37. The fourth-order valence-electron chi connectivity index (χ4n) is 3.17. The molecule has 1 fully saturated rings. The molecule has 0 saturated heterocycles. The molecule has 0 amide bonds. The first-order chi connectivity index (χ1) is 9.04. The van der Waals surface area contributed by atoms with Crippen LogP contribution in [0.5, 0.6) is 0 Å². The summed E-state index contributed by atoms with van der Waals surface area (Å²) in [4.78, 5) is 2.57. The molecule has 2 N–H and O–H groups in total. The van der Waals surface area contributed by atoms with Crippen molar-refractivity contribution in [1.29, 1.82) is 0 Å². The Bertz CT molecular complexity index is 235. The van der Waals surface area contributed by atoms with Crippen molar-refractivity contribution in [3.05, 3.63) is 0 Å². The summed E-state index contributed by atoms with van der Waals surface area (Å²) in [6.45, 7) is 13.6. The average molecular weight is 270 g/mol. The Morgan fingerprint density at radius 1 is 1.32 bits per heavy atom. The van der Waals surface area contributed by atoms with E-state index in [1.807, 2.05) is 0 Å². The molecule has 19 heavy (non-hydrogen) atoms.